The molecular weight excluding hydrogens is 214 g/mol. The molecule has 1 aliphatic carbocycles. The zero-order valence-corrected chi connectivity index (χ0v) is 10.3. The number of fused-ring (bicyclic) bond motifs is 1. The Bertz CT molecular complexity index is 438. The van der Waals surface area contributed by atoms with Gasteiger partial charge in [0.05, 0.1) is 13.2 Å². The summed E-state index contributed by atoms with van der Waals surface area (Å²) in [4.78, 5) is 0. The van der Waals surface area contributed by atoms with Gasteiger partial charge < -0.3 is 15.2 Å². The Morgan fingerprint density at radius 1 is 1.12 bits per heavy atom. The summed E-state index contributed by atoms with van der Waals surface area (Å²) in [5, 5.41) is 0. The Balaban J connectivity index is 2.04. The minimum Gasteiger partial charge on any atom is -0.490 e. The molecule has 1 aliphatic heterocycles. The maximum atomic E-state index is 6.40. The predicted molar refractivity (Wildman–Crippen MR) is 66.5 cm³/mol. The summed E-state index contributed by atoms with van der Waals surface area (Å²) in [5.41, 5.74) is 8.66. The van der Waals surface area contributed by atoms with Crippen molar-refractivity contribution in [1.82, 2.24) is 0 Å². The molecule has 0 spiro atoms. The van der Waals surface area contributed by atoms with Gasteiger partial charge in [-0.1, -0.05) is 6.07 Å². The largest absolute Gasteiger partial charge is 0.490 e. The Morgan fingerprint density at radius 3 is 2.59 bits per heavy atom. The average molecular weight is 233 g/mol. The molecule has 1 heterocycles. The number of hydrogen-bond donors (Lipinski definition) is 1. The molecule has 1 fully saturated rings. The van der Waals surface area contributed by atoms with Crippen molar-refractivity contribution in [3.8, 4) is 11.5 Å². The Hall–Kier alpha value is -1.22. The third-order valence-electron chi connectivity index (χ3n) is 3.94. The first-order chi connectivity index (χ1) is 8.21. The Morgan fingerprint density at radius 2 is 1.88 bits per heavy atom. The maximum Gasteiger partial charge on any atom is 0.164 e. The zero-order chi connectivity index (χ0) is 11.9. The minimum absolute atomic E-state index is 0.130. The summed E-state index contributed by atoms with van der Waals surface area (Å²) < 4.78 is 11.5. The molecular formula is C14H19NO2. The summed E-state index contributed by atoms with van der Waals surface area (Å²) in [5.74, 6) is 1.77. The van der Waals surface area contributed by atoms with E-state index in [-0.39, 0.29) is 5.54 Å². The molecule has 0 radical (unpaired) electrons. The Kier molecular flexibility index (Phi) is 2.51. The molecule has 1 saturated carbocycles. The van der Waals surface area contributed by atoms with Gasteiger partial charge in [0.1, 0.15) is 0 Å². The molecule has 0 bridgehead atoms. The van der Waals surface area contributed by atoms with Crippen molar-refractivity contribution in [2.45, 2.75) is 38.1 Å². The van der Waals surface area contributed by atoms with Gasteiger partial charge in [0.2, 0.25) is 0 Å². The number of benzene rings is 1. The third kappa shape index (κ3) is 1.69. The molecule has 0 saturated heterocycles. The van der Waals surface area contributed by atoms with Crippen LogP contribution in [-0.4, -0.2) is 13.2 Å². The van der Waals surface area contributed by atoms with Crippen LogP contribution in [0.3, 0.4) is 0 Å². The van der Waals surface area contributed by atoms with Gasteiger partial charge in [0, 0.05) is 12.0 Å². The highest BCUT2D eigenvalue weighted by Gasteiger charge is 2.36. The lowest BCUT2D eigenvalue weighted by atomic mass is 9.71. The lowest BCUT2D eigenvalue weighted by Gasteiger charge is -2.40. The van der Waals surface area contributed by atoms with E-state index in [9.17, 15) is 0 Å². The van der Waals surface area contributed by atoms with E-state index in [1.165, 1.54) is 12.0 Å². The van der Waals surface area contributed by atoms with Gasteiger partial charge in [-0.15, -0.1) is 0 Å². The molecule has 2 aliphatic rings. The molecule has 0 atom stereocenters. The van der Waals surface area contributed by atoms with Gasteiger partial charge >= 0.3 is 0 Å². The van der Waals surface area contributed by atoms with E-state index >= 15 is 0 Å². The lowest BCUT2D eigenvalue weighted by Crippen LogP contribution is -2.43. The quantitative estimate of drug-likeness (QED) is 0.810. The van der Waals surface area contributed by atoms with Gasteiger partial charge in [0.25, 0.3) is 0 Å². The van der Waals surface area contributed by atoms with Crippen LogP contribution in [0.2, 0.25) is 0 Å². The normalized spacial score (nSPS) is 21.5. The monoisotopic (exact) mass is 233 g/mol. The van der Waals surface area contributed by atoms with E-state index in [4.69, 9.17) is 15.2 Å². The van der Waals surface area contributed by atoms with Crippen LogP contribution in [-0.2, 0) is 5.54 Å². The van der Waals surface area contributed by atoms with Crippen LogP contribution in [0.25, 0.3) is 0 Å². The van der Waals surface area contributed by atoms with Crippen LogP contribution in [0.4, 0.5) is 0 Å². The minimum atomic E-state index is -0.130. The summed E-state index contributed by atoms with van der Waals surface area (Å²) in [6.07, 6.45) is 4.32. The maximum absolute atomic E-state index is 6.40. The second kappa shape index (κ2) is 3.91. The van der Waals surface area contributed by atoms with Crippen LogP contribution < -0.4 is 15.2 Å². The number of nitrogens with two attached hydrogens (primary N) is 1. The molecule has 0 aromatic heterocycles. The van der Waals surface area contributed by atoms with Crippen LogP contribution in [0.15, 0.2) is 12.1 Å². The first-order valence-electron chi connectivity index (χ1n) is 6.39. The highest BCUT2D eigenvalue weighted by atomic mass is 16.5. The topological polar surface area (TPSA) is 44.5 Å². The van der Waals surface area contributed by atoms with Crippen molar-refractivity contribution in [3.05, 3.63) is 23.3 Å². The zero-order valence-electron chi connectivity index (χ0n) is 10.3. The molecule has 0 amide bonds. The third-order valence-corrected chi connectivity index (χ3v) is 3.94. The molecule has 0 unspecified atom stereocenters. The smallest absolute Gasteiger partial charge is 0.164 e. The fraction of sp³-hybridized carbons (Fsp3) is 0.571. The van der Waals surface area contributed by atoms with E-state index in [1.54, 1.807) is 0 Å². The van der Waals surface area contributed by atoms with Crippen molar-refractivity contribution >= 4 is 0 Å². The van der Waals surface area contributed by atoms with Crippen LogP contribution in [0.5, 0.6) is 11.5 Å². The highest BCUT2D eigenvalue weighted by molar-refractivity contribution is 5.53. The standard InChI is InChI=1S/C14H19NO2/c1-10-11(14(15)6-2-7-14)4-5-12-13(10)17-9-3-8-16-12/h4-5H,2-3,6-9,15H2,1H3. The van der Waals surface area contributed by atoms with Crippen LogP contribution in [0.1, 0.15) is 36.8 Å². The van der Waals surface area contributed by atoms with Crippen molar-refractivity contribution in [2.75, 3.05) is 13.2 Å². The van der Waals surface area contributed by atoms with E-state index in [2.05, 4.69) is 13.0 Å². The molecule has 92 valence electrons. The summed E-state index contributed by atoms with van der Waals surface area (Å²) in [7, 11) is 0. The molecule has 2 N–H and O–H groups in total. The van der Waals surface area contributed by atoms with E-state index < -0.39 is 0 Å². The molecule has 3 nitrogen and oxygen atoms in total. The first kappa shape index (κ1) is 10.9. The number of ether oxygens (including phenoxy) is 2. The lowest BCUT2D eigenvalue weighted by molar-refractivity contribution is 0.250. The molecule has 3 rings (SSSR count). The molecule has 3 heteroatoms. The fourth-order valence-electron chi connectivity index (χ4n) is 2.74. The van der Waals surface area contributed by atoms with Gasteiger partial charge in [-0.3, -0.25) is 0 Å². The Labute approximate surface area is 102 Å². The van der Waals surface area contributed by atoms with Crippen molar-refractivity contribution in [1.29, 1.82) is 0 Å². The van der Waals surface area contributed by atoms with E-state index in [0.717, 1.165) is 49.5 Å². The van der Waals surface area contributed by atoms with Crippen molar-refractivity contribution in [3.63, 3.8) is 0 Å². The van der Waals surface area contributed by atoms with Gasteiger partial charge in [-0.05, 0) is 43.4 Å². The predicted octanol–water partition coefficient (Wildman–Crippen LogP) is 2.49. The number of rotatable bonds is 1. The summed E-state index contributed by atoms with van der Waals surface area (Å²) >= 11 is 0. The number of hydrogen-bond acceptors (Lipinski definition) is 3. The van der Waals surface area contributed by atoms with Gasteiger partial charge in [-0.2, -0.15) is 0 Å². The van der Waals surface area contributed by atoms with Gasteiger partial charge in [0.15, 0.2) is 11.5 Å². The summed E-state index contributed by atoms with van der Waals surface area (Å²) in [6.45, 7) is 3.56. The van der Waals surface area contributed by atoms with Crippen molar-refractivity contribution < 1.29 is 9.47 Å². The van der Waals surface area contributed by atoms with E-state index in [0.29, 0.717) is 0 Å². The average Bonchev–Trinajstić information content (AvgIpc) is 2.52. The molecule has 1 aromatic rings. The highest BCUT2D eigenvalue weighted by Crippen LogP contribution is 2.45. The van der Waals surface area contributed by atoms with Crippen molar-refractivity contribution in [2.24, 2.45) is 5.73 Å². The van der Waals surface area contributed by atoms with Crippen LogP contribution >= 0.6 is 0 Å². The first-order valence-corrected chi connectivity index (χ1v) is 6.39. The second-order valence-electron chi connectivity index (χ2n) is 5.13. The molecule has 17 heavy (non-hydrogen) atoms. The SMILES string of the molecule is Cc1c(C2(N)CCC2)ccc2c1OCCCO2. The van der Waals surface area contributed by atoms with Crippen LogP contribution in [0, 0.1) is 6.92 Å². The fourth-order valence-corrected chi connectivity index (χ4v) is 2.74. The molecule has 1 aromatic carbocycles. The van der Waals surface area contributed by atoms with E-state index in [1.807, 2.05) is 6.07 Å². The second-order valence-corrected chi connectivity index (χ2v) is 5.13. The summed E-state index contributed by atoms with van der Waals surface area (Å²) in [6, 6.07) is 4.12. The van der Waals surface area contributed by atoms with Gasteiger partial charge in [-0.25, -0.2) is 0 Å².